The first kappa shape index (κ1) is 24.2. The van der Waals surface area contributed by atoms with E-state index in [1.54, 1.807) is 18.2 Å². The van der Waals surface area contributed by atoms with Crippen LogP contribution in [-0.2, 0) is 9.53 Å². The van der Waals surface area contributed by atoms with Crippen LogP contribution in [0.5, 0.6) is 5.75 Å². The summed E-state index contributed by atoms with van der Waals surface area (Å²) in [6.07, 6.45) is 5.04. The van der Waals surface area contributed by atoms with Gasteiger partial charge < -0.3 is 20.5 Å². The smallest absolute Gasteiger partial charge is 0.255 e. The molecule has 2 fully saturated rings. The molecule has 3 rings (SSSR count). The van der Waals surface area contributed by atoms with E-state index in [1.165, 1.54) is 24.7 Å². The number of aromatic hydroxyl groups is 1. The van der Waals surface area contributed by atoms with Gasteiger partial charge in [0.05, 0.1) is 18.8 Å². The van der Waals surface area contributed by atoms with Gasteiger partial charge in [0.1, 0.15) is 5.75 Å². The number of benzene rings is 1. The molecule has 2 amide bonds. The maximum atomic E-state index is 12.5. The lowest BCUT2D eigenvalue weighted by Gasteiger charge is -2.34. The molecule has 2 unspecified atom stereocenters. The Balaban J connectivity index is 1.42. The minimum Gasteiger partial charge on any atom is -0.507 e. The van der Waals surface area contributed by atoms with E-state index < -0.39 is 0 Å². The highest BCUT2D eigenvalue weighted by Gasteiger charge is 2.23. The van der Waals surface area contributed by atoms with Crippen molar-refractivity contribution in [2.75, 3.05) is 45.1 Å². The van der Waals surface area contributed by atoms with E-state index in [0.717, 1.165) is 31.2 Å². The predicted molar refractivity (Wildman–Crippen MR) is 127 cm³/mol. The Morgan fingerprint density at radius 1 is 1.16 bits per heavy atom. The van der Waals surface area contributed by atoms with Crippen molar-refractivity contribution in [1.29, 1.82) is 0 Å². The summed E-state index contributed by atoms with van der Waals surface area (Å²) in [6, 6.07) is 6.48. The maximum Gasteiger partial charge on any atom is 0.255 e. The normalized spacial score (nSPS) is 20.3. The van der Waals surface area contributed by atoms with Gasteiger partial charge in [-0.25, -0.2) is 0 Å². The fraction of sp³-hybridized carbons (Fsp3) is 0.636. The van der Waals surface area contributed by atoms with Crippen LogP contribution in [0.4, 0.5) is 0 Å². The molecule has 9 heteroatoms. The number of phenols is 1. The topological polar surface area (TPSA) is 90.9 Å². The molecule has 2 aliphatic rings. The minimum absolute atomic E-state index is 0.0189. The van der Waals surface area contributed by atoms with Gasteiger partial charge in [-0.1, -0.05) is 40.1 Å². The molecule has 0 aromatic heterocycles. The third kappa shape index (κ3) is 8.21. The van der Waals surface area contributed by atoms with Gasteiger partial charge in [0.2, 0.25) is 5.91 Å². The fourth-order valence-corrected chi connectivity index (χ4v) is 6.81. The molecule has 0 spiro atoms. The summed E-state index contributed by atoms with van der Waals surface area (Å²) in [7, 11) is 3.95. The summed E-state index contributed by atoms with van der Waals surface area (Å²) in [6.45, 7) is 3.71. The predicted octanol–water partition coefficient (Wildman–Crippen LogP) is 2.65. The quantitative estimate of drug-likeness (QED) is 0.340. The Kier molecular flexibility index (Phi) is 10.3. The standard InChI is InChI=1S/C22H33N3O4S2/c26-20-7-3-2-6-19(20)22(28)24-16-17(25-10-12-29-13-11-25)15-23-21(27)8-4-1-5-18-9-14-30-31-18/h2-3,6-7,17-18,26H,1,4-5,8-16H2,(H,23,27)(H,24,28). The number of hydrogen-bond donors (Lipinski definition) is 3. The van der Waals surface area contributed by atoms with Crippen LogP contribution >= 0.6 is 21.6 Å². The van der Waals surface area contributed by atoms with E-state index in [-0.39, 0.29) is 29.2 Å². The van der Waals surface area contributed by atoms with Crippen LogP contribution in [0.1, 0.15) is 42.5 Å². The number of amides is 2. The minimum atomic E-state index is -0.314. The molecule has 0 bridgehead atoms. The van der Waals surface area contributed by atoms with Gasteiger partial charge >= 0.3 is 0 Å². The average Bonchev–Trinajstić information content (AvgIpc) is 3.31. The number of rotatable bonds is 11. The van der Waals surface area contributed by atoms with Crippen molar-refractivity contribution in [3.8, 4) is 5.75 Å². The number of nitrogens with zero attached hydrogens (tertiary/aromatic N) is 1. The SMILES string of the molecule is O=C(CCCCC1CCSS1)NCC(CNC(=O)c1ccccc1O)N1CCOCC1. The molecule has 0 radical (unpaired) electrons. The summed E-state index contributed by atoms with van der Waals surface area (Å²) in [5.41, 5.74) is 0.256. The lowest BCUT2D eigenvalue weighted by Crippen LogP contribution is -2.53. The van der Waals surface area contributed by atoms with Gasteiger partial charge in [0.15, 0.2) is 0 Å². The number of carbonyl (C=O) groups excluding carboxylic acids is 2. The Hall–Kier alpha value is -1.42. The van der Waals surface area contributed by atoms with Crippen LogP contribution in [0.3, 0.4) is 0 Å². The first-order valence-corrected chi connectivity index (χ1v) is 13.4. The van der Waals surface area contributed by atoms with E-state index in [2.05, 4.69) is 15.5 Å². The van der Waals surface area contributed by atoms with Gasteiger partial charge in [-0.05, 0) is 31.4 Å². The molecule has 3 N–H and O–H groups in total. The van der Waals surface area contributed by atoms with Crippen LogP contribution in [0.15, 0.2) is 24.3 Å². The zero-order valence-electron chi connectivity index (χ0n) is 17.9. The summed E-state index contributed by atoms with van der Waals surface area (Å²) in [5.74, 6) is 0.967. The molecule has 31 heavy (non-hydrogen) atoms. The number of phenolic OH excluding ortho intramolecular Hbond substituents is 1. The first-order chi connectivity index (χ1) is 15.1. The summed E-state index contributed by atoms with van der Waals surface area (Å²) < 4.78 is 5.44. The van der Waals surface area contributed by atoms with E-state index in [1.807, 2.05) is 21.6 Å². The molecule has 2 saturated heterocycles. The summed E-state index contributed by atoms with van der Waals surface area (Å²) in [4.78, 5) is 27.1. The van der Waals surface area contributed by atoms with Crippen LogP contribution in [-0.4, -0.2) is 78.3 Å². The maximum absolute atomic E-state index is 12.5. The molecular weight excluding hydrogens is 434 g/mol. The van der Waals surface area contributed by atoms with Crippen molar-refractivity contribution in [3.63, 3.8) is 0 Å². The molecular formula is C22H33N3O4S2. The monoisotopic (exact) mass is 467 g/mol. The molecule has 0 aliphatic carbocycles. The number of hydrogen-bond acceptors (Lipinski definition) is 7. The Morgan fingerprint density at radius 2 is 1.94 bits per heavy atom. The van der Waals surface area contributed by atoms with Gasteiger partial charge in [-0.2, -0.15) is 0 Å². The van der Waals surface area contributed by atoms with Crippen molar-refractivity contribution in [3.05, 3.63) is 29.8 Å². The number of carbonyl (C=O) groups is 2. The first-order valence-electron chi connectivity index (χ1n) is 11.1. The highest BCUT2D eigenvalue weighted by Crippen LogP contribution is 2.39. The highest BCUT2D eigenvalue weighted by molar-refractivity contribution is 8.77. The van der Waals surface area contributed by atoms with Crippen LogP contribution in [0.2, 0.25) is 0 Å². The van der Waals surface area contributed by atoms with Crippen molar-refractivity contribution in [2.24, 2.45) is 0 Å². The summed E-state index contributed by atoms with van der Waals surface area (Å²) in [5, 5.41) is 16.6. The Labute approximate surface area is 192 Å². The second-order valence-corrected chi connectivity index (χ2v) is 10.7. The zero-order valence-corrected chi connectivity index (χ0v) is 19.5. The molecule has 1 aromatic rings. The molecule has 172 valence electrons. The number of unbranched alkanes of at least 4 members (excludes halogenated alkanes) is 1. The Bertz CT molecular complexity index is 710. The number of morpholine rings is 1. The second-order valence-electron chi connectivity index (χ2n) is 7.91. The van der Waals surface area contributed by atoms with E-state index in [0.29, 0.717) is 32.7 Å². The highest BCUT2D eigenvalue weighted by atomic mass is 33.1. The number of nitrogens with one attached hydrogen (secondary N) is 2. The second kappa shape index (κ2) is 13.2. The van der Waals surface area contributed by atoms with Crippen molar-refractivity contribution >= 4 is 33.4 Å². The average molecular weight is 468 g/mol. The van der Waals surface area contributed by atoms with Gasteiger partial charge in [0, 0.05) is 49.6 Å². The van der Waals surface area contributed by atoms with E-state index in [9.17, 15) is 14.7 Å². The van der Waals surface area contributed by atoms with Gasteiger partial charge in [0.25, 0.3) is 5.91 Å². The number of ether oxygens (including phenoxy) is 1. The number of para-hydroxylation sites is 1. The van der Waals surface area contributed by atoms with Crippen molar-refractivity contribution in [2.45, 2.75) is 43.4 Å². The van der Waals surface area contributed by atoms with Crippen molar-refractivity contribution < 1.29 is 19.4 Å². The molecule has 0 saturated carbocycles. The Morgan fingerprint density at radius 3 is 2.68 bits per heavy atom. The molecule has 2 aliphatic heterocycles. The molecule has 2 heterocycles. The fourth-order valence-electron chi connectivity index (χ4n) is 3.79. The molecule has 1 aromatic carbocycles. The zero-order chi connectivity index (χ0) is 21.9. The third-order valence-corrected chi connectivity index (χ3v) is 8.66. The van der Waals surface area contributed by atoms with Crippen LogP contribution in [0, 0.1) is 0 Å². The lowest BCUT2D eigenvalue weighted by molar-refractivity contribution is -0.121. The van der Waals surface area contributed by atoms with Crippen LogP contribution < -0.4 is 10.6 Å². The van der Waals surface area contributed by atoms with E-state index in [4.69, 9.17) is 4.74 Å². The van der Waals surface area contributed by atoms with Gasteiger partial charge in [-0.3, -0.25) is 14.5 Å². The van der Waals surface area contributed by atoms with Crippen molar-refractivity contribution in [1.82, 2.24) is 15.5 Å². The third-order valence-electron chi connectivity index (χ3n) is 5.65. The lowest BCUT2D eigenvalue weighted by atomic mass is 10.1. The molecule has 7 nitrogen and oxygen atoms in total. The largest absolute Gasteiger partial charge is 0.507 e. The van der Waals surface area contributed by atoms with Crippen LogP contribution in [0.25, 0.3) is 0 Å². The summed E-state index contributed by atoms with van der Waals surface area (Å²) >= 11 is 0. The van der Waals surface area contributed by atoms with Gasteiger partial charge in [-0.15, -0.1) is 0 Å². The van der Waals surface area contributed by atoms with E-state index >= 15 is 0 Å². The molecule has 2 atom stereocenters.